The third kappa shape index (κ3) is 3.33. The molecule has 0 saturated carbocycles. The number of carbonyl (C=O) groups is 1. The molecule has 2 aromatic carbocycles. The Morgan fingerprint density at radius 1 is 1.00 bits per heavy atom. The Bertz CT molecular complexity index is 678. The summed E-state index contributed by atoms with van der Waals surface area (Å²) in [6.45, 7) is 5.39. The van der Waals surface area contributed by atoms with Crippen molar-refractivity contribution in [1.29, 1.82) is 0 Å². The van der Waals surface area contributed by atoms with Crippen molar-refractivity contribution in [3.05, 3.63) is 64.1 Å². The van der Waals surface area contributed by atoms with E-state index in [4.69, 9.17) is 0 Å². The number of amides is 1. The van der Waals surface area contributed by atoms with Crippen LogP contribution in [0.15, 0.2) is 53.0 Å². The van der Waals surface area contributed by atoms with E-state index < -0.39 is 0 Å². The van der Waals surface area contributed by atoms with Gasteiger partial charge in [0.2, 0.25) is 0 Å². The Kier molecular flexibility index (Phi) is 4.48. The van der Waals surface area contributed by atoms with Gasteiger partial charge in [0.1, 0.15) is 0 Å². The largest absolute Gasteiger partial charge is 0.368 e. The molecule has 0 aromatic heterocycles. The summed E-state index contributed by atoms with van der Waals surface area (Å²) in [5.74, 6) is 0.116. The van der Waals surface area contributed by atoms with E-state index >= 15 is 0 Å². The molecule has 4 heteroatoms. The van der Waals surface area contributed by atoms with Crippen molar-refractivity contribution < 1.29 is 4.79 Å². The number of carbonyl (C=O) groups excluding carboxylic acids is 1. The molecule has 114 valence electrons. The average molecular weight is 359 g/mol. The second-order valence-corrected chi connectivity index (χ2v) is 6.54. The fraction of sp³-hybridized carbons (Fsp3) is 0.278. The number of hydrogen-bond donors (Lipinski definition) is 0. The lowest BCUT2D eigenvalue weighted by atomic mass is 10.1. The summed E-state index contributed by atoms with van der Waals surface area (Å²) in [7, 11) is 0. The smallest absolute Gasteiger partial charge is 0.254 e. The highest BCUT2D eigenvalue weighted by atomic mass is 79.9. The maximum atomic E-state index is 12.5. The Hall–Kier alpha value is -1.81. The number of hydrogen-bond acceptors (Lipinski definition) is 2. The van der Waals surface area contributed by atoms with Crippen molar-refractivity contribution in [2.24, 2.45) is 0 Å². The zero-order valence-electron chi connectivity index (χ0n) is 12.6. The number of halogens is 1. The molecule has 0 atom stereocenters. The van der Waals surface area contributed by atoms with Gasteiger partial charge in [-0.05, 0) is 42.8 Å². The number of nitrogens with zero attached hydrogens (tertiary/aromatic N) is 2. The minimum atomic E-state index is 0.116. The van der Waals surface area contributed by atoms with E-state index in [1.54, 1.807) is 0 Å². The molecular weight excluding hydrogens is 340 g/mol. The maximum absolute atomic E-state index is 12.5. The number of benzene rings is 2. The molecule has 1 amide bonds. The average Bonchev–Trinajstić information content (AvgIpc) is 2.54. The highest BCUT2D eigenvalue weighted by Gasteiger charge is 2.22. The third-order valence-corrected chi connectivity index (χ3v) is 4.50. The second kappa shape index (κ2) is 6.53. The summed E-state index contributed by atoms with van der Waals surface area (Å²) in [6, 6.07) is 16.1. The monoisotopic (exact) mass is 358 g/mol. The van der Waals surface area contributed by atoms with Gasteiger partial charge in [0.25, 0.3) is 5.91 Å². The summed E-state index contributed by atoms with van der Waals surface area (Å²) in [5, 5.41) is 0. The molecular formula is C18H19BrN2O. The molecule has 0 N–H and O–H groups in total. The first kappa shape index (κ1) is 15.1. The van der Waals surface area contributed by atoms with Crippen LogP contribution in [0.3, 0.4) is 0 Å². The van der Waals surface area contributed by atoms with Crippen LogP contribution in [0.5, 0.6) is 0 Å². The second-order valence-electron chi connectivity index (χ2n) is 5.63. The van der Waals surface area contributed by atoms with Gasteiger partial charge in [0.15, 0.2) is 0 Å². The van der Waals surface area contributed by atoms with Crippen LogP contribution >= 0.6 is 15.9 Å². The zero-order chi connectivity index (χ0) is 15.5. The van der Waals surface area contributed by atoms with Crippen LogP contribution in [0.4, 0.5) is 5.69 Å². The van der Waals surface area contributed by atoms with E-state index in [-0.39, 0.29) is 5.91 Å². The van der Waals surface area contributed by atoms with E-state index in [1.807, 2.05) is 29.2 Å². The number of piperazine rings is 1. The minimum absolute atomic E-state index is 0.116. The van der Waals surface area contributed by atoms with Gasteiger partial charge in [0, 0.05) is 41.9 Å². The van der Waals surface area contributed by atoms with Crippen molar-refractivity contribution in [2.45, 2.75) is 6.92 Å². The van der Waals surface area contributed by atoms with Gasteiger partial charge in [-0.25, -0.2) is 0 Å². The van der Waals surface area contributed by atoms with Crippen LogP contribution in [-0.2, 0) is 0 Å². The molecule has 1 saturated heterocycles. The van der Waals surface area contributed by atoms with Gasteiger partial charge in [-0.2, -0.15) is 0 Å². The third-order valence-electron chi connectivity index (χ3n) is 4.01. The van der Waals surface area contributed by atoms with Gasteiger partial charge >= 0.3 is 0 Å². The normalized spacial score (nSPS) is 15.0. The van der Waals surface area contributed by atoms with Crippen LogP contribution in [0, 0.1) is 6.92 Å². The molecule has 1 heterocycles. The molecule has 0 radical (unpaired) electrons. The quantitative estimate of drug-likeness (QED) is 0.816. The standard InChI is InChI=1S/C18H19BrN2O/c1-14-4-2-7-17(12-14)20-8-10-21(11-9-20)18(22)15-5-3-6-16(19)13-15/h2-7,12-13H,8-11H2,1H3. The van der Waals surface area contributed by atoms with E-state index in [0.29, 0.717) is 0 Å². The summed E-state index contributed by atoms with van der Waals surface area (Å²) in [5.41, 5.74) is 3.26. The predicted octanol–water partition coefficient (Wildman–Crippen LogP) is 3.72. The molecule has 3 nitrogen and oxygen atoms in total. The van der Waals surface area contributed by atoms with Crippen molar-refractivity contribution in [3.8, 4) is 0 Å². The van der Waals surface area contributed by atoms with Gasteiger partial charge in [-0.15, -0.1) is 0 Å². The molecule has 1 aliphatic heterocycles. The Labute approximate surface area is 139 Å². The van der Waals surface area contributed by atoms with E-state index in [2.05, 4.69) is 52.0 Å². The lowest BCUT2D eigenvalue weighted by Crippen LogP contribution is -2.48. The molecule has 0 aliphatic carbocycles. The van der Waals surface area contributed by atoms with E-state index in [1.165, 1.54) is 11.3 Å². The van der Waals surface area contributed by atoms with E-state index in [0.717, 1.165) is 36.2 Å². The van der Waals surface area contributed by atoms with Crippen molar-refractivity contribution in [3.63, 3.8) is 0 Å². The molecule has 3 rings (SSSR count). The van der Waals surface area contributed by atoms with Gasteiger partial charge in [0.05, 0.1) is 0 Å². The Balaban J connectivity index is 1.65. The summed E-state index contributed by atoms with van der Waals surface area (Å²) in [6.07, 6.45) is 0. The predicted molar refractivity (Wildman–Crippen MR) is 93.4 cm³/mol. The number of rotatable bonds is 2. The summed E-state index contributed by atoms with van der Waals surface area (Å²) >= 11 is 3.42. The number of anilines is 1. The highest BCUT2D eigenvalue weighted by Crippen LogP contribution is 2.19. The number of aryl methyl sites for hydroxylation is 1. The molecule has 1 aliphatic rings. The van der Waals surface area contributed by atoms with Gasteiger partial charge < -0.3 is 9.80 Å². The zero-order valence-corrected chi connectivity index (χ0v) is 14.2. The maximum Gasteiger partial charge on any atom is 0.254 e. The molecule has 1 fully saturated rings. The summed E-state index contributed by atoms with van der Waals surface area (Å²) < 4.78 is 0.941. The first-order valence-corrected chi connectivity index (χ1v) is 8.29. The molecule has 0 bridgehead atoms. The van der Waals surface area contributed by atoms with Crippen LogP contribution < -0.4 is 4.90 Å². The van der Waals surface area contributed by atoms with Crippen LogP contribution in [0.1, 0.15) is 15.9 Å². The molecule has 2 aromatic rings. The fourth-order valence-corrected chi connectivity index (χ4v) is 3.20. The van der Waals surface area contributed by atoms with Crippen molar-refractivity contribution in [2.75, 3.05) is 31.1 Å². The SMILES string of the molecule is Cc1cccc(N2CCN(C(=O)c3cccc(Br)c3)CC2)c1. The molecule has 0 unspecified atom stereocenters. The van der Waals surface area contributed by atoms with Crippen molar-refractivity contribution >= 4 is 27.5 Å². The van der Waals surface area contributed by atoms with Gasteiger partial charge in [-0.1, -0.05) is 34.1 Å². The van der Waals surface area contributed by atoms with Crippen LogP contribution in [-0.4, -0.2) is 37.0 Å². The highest BCUT2D eigenvalue weighted by molar-refractivity contribution is 9.10. The molecule has 22 heavy (non-hydrogen) atoms. The van der Waals surface area contributed by atoms with Gasteiger partial charge in [-0.3, -0.25) is 4.79 Å². The first-order valence-electron chi connectivity index (χ1n) is 7.50. The Morgan fingerprint density at radius 3 is 2.41 bits per heavy atom. The van der Waals surface area contributed by atoms with Crippen LogP contribution in [0.25, 0.3) is 0 Å². The van der Waals surface area contributed by atoms with E-state index in [9.17, 15) is 4.79 Å². The Morgan fingerprint density at radius 2 is 1.73 bits per heavy atom. The molecule has 0 spiro atoms. The lowest BCUT2D eigenvalue weighted by Gasteiger charge is -2.36. The fourth-order valence-electron chi connectivity index (χ4n) is 2.80. The topological polar surface area (TPSA) is 23.6 Å². The van der Waals surface area contributed by atoms with Crippen molar-refractivity contribution in [1.82, 2.24) is 4.90 Å². The summed E-state index contributed by atoms with van der Waals surface area (Å²) in [4.78, 5) is 16.8. The lowest BCUT2D eigenvalue weighted by molar-refractivity contribution is 0.0746. The first-order chi connectivity index (χ1) is 10.6. The van der Waals surface area contributed by atoms with Crippen LogP contribution in [0.2, 0.25) is 0 Å². The minimum Gasteiger partial charge on any atom is -0.368 e.